The van der Waals surface area contributed by atoms with Crippen molar-refractivity contribution in [2.24, 2.45) is 0 Å². The number of Topliss-reactive ketones (excluding diaryl/α,β-unsaturated/α-hetero) is 1. The number of rotatable bonds is 6. The highest BCUT2D eigenvalue weighted by Gasteiger charge is 2.26. The van der Waals surface area contributed by atoms with E-state index >= 15 is 0 Å². The van der Waals surface area contributed by atoms with Crippen molar-refractivity contribution in [1.82, 2.24) is 4.98 Å². The molecule has 0 fully saturated rings. The highest BCUT2D eigenvalue weighted by molar-refractivity contribution is 6.09. The molecule has 0 atom stereocenters. The molecular formula is C16H19NO7. The van der Waals surface area contributed by atoms with Gasteiger partial charge in [-0.3, -0.25) is 4.79 Å². The monoisotopic (exact) mass is 337 g/mol. The van der Waals surface area contributed by atoms with Crippen LogP contribution >= 0.6 is 0 Å². The molecule has 2 heterocycles. The maximum absolute atomic E-state index is 12.4. The van der Waals surface area contributed by atoms with Gasteiger partial charge >= 0.3 is 11.9 Å². The Hall–Kier alpha value is -2.77. The fourth-order valence-electron chi connectivity index (χ4n) is 2.34. The van der Waals surface area contributed by atoms with Gasteiger partial charge in [-0.05, 0) is 20.8 Å². The second-order valence-corrected chi connectivity index (χ2v) is 5.05. The lowest BCUT2D eigenvalue weighted by Crippen LogP contribution is -2.21. The lowest BCUT2D eigenvalue weighted by molar-refractivity contribution is -0.143. The molecule has 1 aliphatic heterocycles. The highest BCUT2D eigenvalue weighted by Crippen LogP contribution is 2.20. The number of ether oxygens (including phenoxy) is 4. The number of ketones is 1. The minimum atomic E-state index is -0.800. The lowest BCUT2D eigenvalue weighted by atomic mass is 10.1. The number of aromatic nitrogens is 1. The van der Waals surface area contributed by atoms with Gasteiger partial charge in [0.15, 0.2) is 6.61 Å². The average molecular weight is 337 g/mol. The second kappa shape index (κ2) is 7.67. The van der Waals surface area contributed by atoms with Crippen LogP contribution in [-0.2, 0) is 23.7 Å². The summed E-state index contributed by atoms with van der Waals surface area (Å²) in [6.45, 7) is 5.25. The first kappa shape index (κ1) is 17.6. The number of esters is 2. The summed E-state index contributed by atoms with van der Waals surface area (Å²) in [5.74, 6) is -2.00. The molecule has 0 spiro atoms. The van der Waals surface area contributed by atoms with E-state index in [1.807, 2.05) is 0 Å². The summed E-state index contributed by atoms with van der Waals surface area (Å²) >= 11 is 0. The van der Waals surface area contributed by atoms with E-state index in [-0.39, 0.29) is 30.1 Å². The van der Waals surface area contributed by atoms with Crippen LogP contribution in [0.25, 0.3) is 0 Å². The number of H-pyrrole nitrogens is 1. The van der Waals surface area contributed by atoms with Crippen molar-refractivity contribution in [3.05, 3.63) is 34.5 Å². The summed E-state index contributed by atoms with van der Waals surface area (Å²) in [6, 6.07) is 0. The molecule has 0 unspecified atom stereocenters. The van der Waals surface area contributed by atoms with E-state index in [4.69, 9.17) is 18.9 Å². The molecule has 2 rings (SSSR count). The summed E-state index contributed by atoms with van der Waals surface area (Å²) < 4.78 is 19.9. The fraction of sp³-hybridized carbons (Fsp3) is 0.438. The normalized spacial score (nSPS) is 13.4. The van der Waals surface area contributed by atoms with E-state index < -0.39 is 24.3 Å². The third-order valence-corrected chi connectivity index (χ3v) is 3.32. The summed E-state index contributed by atoms with van der Waals surface area (Å²) in [5, 5.41) is 0. The number of aromatic amines is 1. The van der Waals surface area contributed by atoms with Crippen LogP contribution in [0.3, 0.4) is 0 Å². The Balaban J connectivity index is 2.11. The lowest BCUT2D eigenvalue weighted by Gasteiger charge is -2.14. The number of hydrogen-bond acceptors (Lipinski definition) is 7. The molecule has 1 aliphatic rings. The van der Waals surface area contributed by atoms with Crippen LogP contribution < -0.4 is 0 Å². The zero-order valence-corrected chi connectivity index (χ0v) is 13.8. The van der Waals surface area contributed by atoms with Crippen LogP contribution in [-0.4, -0.2) is 49.1 Å². The molecule has 0 saturated heterocycles. The number of aryl methyl sites for hydroxylation is 2. The first-order valence-corrected chi connectivity index (χ1v) is 7.46. The molecular weight excluding hydrogens is 318 g/mol. The Labute approximate surface area is 138 Å². The Kier molecular flexibility index (Phi) is 5.62. The van der Waals surface area contributed by atoms with E-state index in [1.54, 1.807) is 20.8 Å². The zero-order chi connectivity index (χ0) is 17.7. The van der Waals surface area contributed by atoms with Crippen molar-refractivity contribution in [3.8, 4) is 0 Å². The molecule has 0 bridgehead atoms. The Morgan fingerprint density at radius 3 is 2.42 bits per heavy atom. The van der Waals surface area contributed by atoms with Gasteiger partial charge < -0.3 is 23.9 Å². The van der Waals surface area contributed by atoms with Crippen LogP contribution in [0.5, 0.6) is 0 Å². The van der Waals surface area contributed by atoms with Crippen molar-refractivity contribution < 1.29 is 33.3 Å². The van der Waals surface area contributed by atoms with Crippen molar-refractivity contribution in [3.63, 3.8) is 0 Å². The quantitative estimate of drug-likeness (QED) is 0.618. The van der Waals surface area contributed by atoms with Crippen LogP contribution in [0.4, 0.5) is 0 Å². The van der Waals surface area contributed by atoms with Gasteiger partial charge in [-0.25, -0.2) is 9.59 Å². The van der Waals surface area contributed by atoms with E-state index in [2.05, 4.69) is 4.98 Å². The minimum absolute atomic E-state index is 0.0957. The van der Waals surface area contributed by atoms with Crippen molar-refractivity contribution in [2.75, 3.05) is 26.4 Å². The molecule has 8 nitrogen and oxygen atoms in total. The van der Waals surface area contributed by atoms with Crippen molar-refractivity contribution in [2.45, 2.75) is 20.8 Å². The van der Waals surface area contributed by atoms with Crippen LogP contribution in [0.15, 0.2) is 12.0 Å². The molecule has 0 aliphatic carbocycles. The van der Waals surface area contributed by atoms with Gasteiger partial charge in [-0.2, -0.15) is 0 Å². The summed E-state index contributed by atoms with van der Waals surface area (Å²) in [5.41, 5.74) is 1.35. The highest BCUT2D eigenvalue weighted by atomic mass is 16.6. The zero-order valence-electron chi connectivity index (χ0n) is 13.8. The Bertz CT molecular complexity index is 687. The summed E-state index contributed by atoms with van der Waals surface area (Å²) in [4.78, 5) is 39.2. The molecule has 1 N–H and O–H groups in total. The van der Waals surface area contributed by atoms with Crippen LogP contribution in [0.1, 0.15) is 39.0 Å². The largest absolute Gasteiger partial charge is 0.493 e. The third kappa shape index (κ3) is 3.76. The first-order valence-electron chi connectivity index (χ1n) is 7.46. The van der Waals surface area contributed by atoms with Crippen molar-refractivity contribution in [1.29, 1.82) is 0 Å². The van der Waals surface area contributed by atoms with Gasteiger partial charge in [-0.15, -0.1) is 0 Å². The van der Waals surface area contributed by atoms with E-state index in [1.165, 1.54) is 0 Å². The van der Waals surface area contributed by atoms with Gasteiger partial charge in [0.25, 0.3) is 0 Å². The van der Waals surface area contributed by atoms with Crippen LogP contribution in [0, 0.1) is 13.8 Å². The summed E-state index contributed by atoms with van der Waals surface area (Å²) in [6.07, 6.45) is 1.14. The smallest absolute Gasteiger partial charge is 0.377 e. The first-order chi connectivity index (χ1) is 11.5. The molecule has 130 valence electrons. The molecule has 8 heteroatoms. The summed E-state index contributed by atoms with van der Waals surface area (Å²) in [7, 11) is 0. The molecule has 1 aromatic heterocycles. The SMILES string of the molecule is CCOC(=O)c1c(C)[nH]c(C)c1C(=O)COC(=O)C1=COCCO1. The van der Waals surface area contributed by atoms with Gasteiger partial charge in [0, 0.05) is 11.4 Å². The number of hydrogen-bond donors (Lipinski definition) is 1. The maximum Gasteiger partial charge on any atom is 0.377 e. The third-order valence-electron chi connectivity index (χ3n) is 3.32. The molecule has 24 heavy (non-hydrogen) atoms. The van der Waals surface area contributed by atoms with E-state index in [0.717, 1.165) is 6.26 Å². The Morgan fingerprint density at radius 1 is 1.08 bits per heavy atom. The van der Waals surface area contributed by atoms with E-state index in [9.17, 15) is 14.4 Å². The number of carbonyl (C=O) groups excluding carboxylic acids is 3. The molecule has 0 aromatic carbocycles. The fourth-order valence-corrected chi connectivity index (χ4v) is 2.34. The standard InChI is InChI=1S/C16H19NO7/c1-4-22-16(20)14-10(3)17-9(2)13(14)11(18)7-24-15(19)12-8-21-5-6-23-12/h8,17H,4-7H2,1-3H3. The molecule has 1 aromatic rings. The van der Waals surface area contributed by atoms with Crippen LogP contribution in [0.2, 0.25) is 0 Å². The second-order valence-electron chi connectivity index (χ2n) is 5.05. The molecule has 0 radical (unpaired) electrons. The average Bonchev–Trinajstić information content (AvgIpc) is 2.87. The van der Waals surface area contributed by atoms with E-state index in [0.29, 0.717) is 18.0 Å². The number of nitrogens with one attached hydrogen (secondary N) is 1. The Morgan fingerprint density at radius 2 is 1.79 bits per heavy atom. The predicted molar refractivity (Wildman–Crippen MR) is 81.5 cm³/mol. The van der Waals surface area contributed by atoms with Gasteiger partial charge in [0.05, 0.1) is 17.7 Å². The molecule has 0 amide bonds. The number of carbonyl (C=O) groups is 3. The molecule has 0 saturated carbocycles. The van der Waals surface area contributed by atoms with Gasteiger partial charge in [0.1, 0.15) is 19.5 Å². The van der Waals surface area contributed by atoms with Crippen molar-refractivity contribution >= 4 is 17.7 Å². The van der Waals surface area contributed by atoms with Gasteiger partial charge in [-0.1, -0.05) is 0 Å². The predicted octanol–water partition coefficient (Wildman–Crippen LogP) is 1.42. The van der Waals surface area contributed by atoms with Gasteiger partial charge in [0.2, 0.25) is 11.5 Å². The minimum Gasteiger partial charge on any atom is -0.493 e. The topological polar surface area (TPSA) is 104 Å². The maximum atomic E-state index is 12.4.